The molecule has 0 aliphatic rings. The second-order valence-corrected chi connectivity index (χ2v) is 3.20. The number of hydrogen-bond acceptors (Lipinski definition) is 2. The molecular formula is C12H16N2. The summed E-state index contributed by atoms with van der Waals surface area (Å²) in [5.74, 6) is 0.869. The molecule has 74 valence electrons. The van der Waals surface area contributed by atoms with Crippen molar-refractivity contribution in [1.82, 2.24) is 5.32 Å². The molecule has 0 heterocycles. The van der Waals surface area contributed by atoms with E-state index in [9.17, 15) is 0 Å². The van der Waals surface area contributed by atoms with E-state index in [0.29, 0.717) is 0 Å². The van der Waals surface area contributed by atoms with Crippen LogP contribution in [-0.4, -0.2) is 13.8 Å². The Bertz CT molecular complexity index is 325. The molecule has 1 aromatic rings. The molecule has 14 heavy (non-hydrogen) atoms. The van der Waals surface area contributed by atoms with E-state index < -0.39 is 0 Å². The van der Waals surface area contributed by atoms with Crippen molar-refractivity contribution < 1.29 is 0 Å². The minimum absolute atomic E-state index is 0.869. The van der Waals surface area contributed by atoms with E-state index in [1.807, 2.05) is 25.2 Å². The number of nitrogens with zero attached hydrogens (tertiary/aromatic N) is 1. The van der Waals surface area contributed by atoms with Crippen LogP contribution in [-0.2, 0) is 6.42 Å². The van der Waals surface area contributed by atoms with E-state index in [4.69, 9.17) is 0 Å². The van der Waals surface area contributed by atoms with Crippen molar-refractivity contribution in [3.05, 3.63) is 47.3 Å². The second-order valence-electron chi connectivity index (χ2n) is 3.20. The molecule has 0 fully saturated rings. The van der Waals surface area contributed by atoms with Gasteiger partial charge in [0.1, 0.15) is 5.82 Å². The summed E-state index contributed by atoms with van der Waals surface area (Å²) in [5, 5.41) is 3.02. The Morgan fingerprint density at radius 2 is 2.00 bits per heavy atom. The quantitative estimate of drug-likeness (QED) is 0.721. The lowest BCUT2D eigenvalue weighted by molar-refractivity contribution is 0.914. The van der Waals surface area contributed by atoms with Gasteiger partial charge in [0.25, 0.3) is 0 Å². The molecule has 1 aromatic carbocycles. The summed E-state index contributed by atoms with van der Waals surface area (Å²) in [6, 6.07) is 10.3. The van der Waals surface area contributed by atoms with E-state index in [0.717, 1.165) is 12.2 Å². The average Bonchev–Trinajstić information content (AvgIpc) is 2.21. The minimum atomic E-state index is 0.869. The van der Waals surface area contributed by atoms with E-state index in [1.165, 1.54) is 11.1 Å². The minimum Gasteiger partial charge on any atom is -0.373 e. The van der Waals surface area contributed by atoms with Gasteiger partial charge in [-0.1, -0.05) is 30.3 Å². The van der Waals surface area contributed by atoms with Crippen LogP contribution in [0.15, 0.2) is 46.7 Å². The number of rotatable bonds is 4. The molecule has 2 heteroatoms. The largest absolute Gasteiger partial charge is 0.373 e. The lowest BCUT2D eigenvalue weighted by atomic mass is 10.1. The van der Waals surface area contributed by atoms with Gasteiger partial charge in [-0.25, -0.2) is 4.99 Å². The molecule has 2 nitrogen and oxygen atoms in total. The highest BCUT2D eigenvalue weighted by atomic mass is 15.0. The third-order valence-electron chi connectivity index (χ3n) is 2.11. The Kier molecular flexibility index (Phi) is 3.92. The third kappa shape index (κ3) is 2.73. The Morgan fingerprint density at radius 3 is 2.50 bits per heavy atom. The summed E-state index contributed by atoms with van der Waals surface area (Å²) in [7, 11) is 1.86. The molecular weight excluding hydrogens is 172 g/mol. The van der Waals surface area contributed by atoms with Crippen LogP contribution in [0.25, 0.3) is 0 Å². The number of aliphatic imine (C=N–C) groups is 1. The fraction of sp³-hybridized carbons (Fsp3) is 0.250. The zero-order valence-electron chi connectivity index (χ0n) is 8.75. The zero-order chi connectivity index (χ0) is 10.4. The van der Waals surface area contributed by atoms with Gasteiger partial charge in [-0.15, -0.1) is 0 Å². The predicted molar refractivity (Wildman–Crippen MR) is 61.5 cm³/mol. The van der Waals surface area contributed by atoms with Gasteiger partial charge >= 0.3 is 0 Å². The van der Waals surface area contributed by atoms with Crippen LogP contribution in [0.1, 0.15) is 12.5 Å². The first kappa shape index (κ1) is 10.5. The summed E-state index contributed by atoms with van der Waals surface area (Å²) >= 11 is 0. The highest BCUT2D eigenvalue weighted by Gasteiger charge is 1.99. The summed E-state index contributed by atoms with van der Waals surface area (Å²) in [6.45, 7) is 5.59. The molecule has 0 spiro atoms. The number of nitrogens with one attached hydrogen (secondary N) is 1. The number of allylic oxidation sites excluding steroid dienone is 1. The lowest BCUT2D eigenvalue weighted by Gasteiger charge is -2.06. The van der Waals surface area contributed by atoms with Crippen LogP contribution in [0.4, 0.5) is 0 Å². The van der Waals surface area contributed by atoms with Crippen molar-refractivity contribution in [2.24, 2.45) is 4.99 Å². The maximum absolute atomic E-state index is 3.92. The van der Waals surface area contributed by atoms with Crippen molar-refractivity contribution >= 4 is 6.72 Å². The van der Waals surface area contributed by atoms with Gasteiger partial charge in [-0.3, -0.25) is 0 Å². The standard InChI is InChI=1S/C12H16N2/c1-10(12(13-2)14-3)9-11-7-5-4-6-8-11/h4-8,14H,2,9H2,1,3H3/b12-10+. The summed E-state index contributed by atoms with van der Waals surface area (Å²) in [5.41, 5.74) is 2.50. The van der Waals surface area contributed by atoms with Crippen LogP contribution in [0.5, 0.6) is 0 Å². The van der Waals surface area contributed by atoms with Gasteiger partial charge in [0.15, 0.2) is 0 Å². The van der Waals surface area contributed by atoms with Gasteiger partial charge in [0.2, 0.25) is 0 Å². The summed E-state index contributed by atoms with van der Waals surface area (Å²) < 4.78 is 0. The molecule has 0 aliphatic heterocycles. The fourth-order valence-electron chi connectivity index (χ4n) is 1.41. The maximum atomic E-state index is 3.92. The van der Waals surface area contributed by atoms with Gasteiger partial charge in [-0.2, -0.15) is 0 Å². The fourth-order valence-corrected chi connectivity index (χ4v) is 1.41. The highest BCUT2D eigenvalue weighted by molar-refractivity contribution is 5.31. The smallest absolute Gasteiger partial charge is 0.124 e. The molecule has 0 unspecified atom stereocenters. The molecule has 0 saturated carbocycles. The van der Waals surface area contributed by atoms with Crippen molar-refractivity contribution in [2.45, 2.75) is 13.3 Å². The number of benzene rings is 1. The predicted octanol–water partition coefficient (Wildman–Crippen LogP) is 2.38. The molecule has 1 rings (SSSR count). The van der Waals surface area contributed by atoms with Gasteiger partial charge < -0.3 is 5.32 Å². The Morgan fingerprint density at radius 1 is 1.36 bits per heavy atom. The van der Waals surface area contributed by atoms with Gasteiger partial charge in [0, 0.05) is 7.05 Å². The van der Waals surface area contributed by atoms with E-state index in [2.05, 4.69) is 36.1 Å². The molecule has 1 N–H and O–H groups in total. The third-order valence-corrected chi connectivity index (χ3v) is 2.11. The first-order chi connectivity index (χ1) is 6.77. The van der Waals surface area contributed by atoms with Crippen LogP contribution >= 0.6 is 0 Å². The van der Waals surface area contributed by atoms with Crippen LogP contribution in [0, 0.1) is 0 Å². The second kappa shape index (κ2) is 5.22. The molecule has 0 aromatic heterocycles. The van der Waals surface area contributed by atoms with Crippen LogP contribution in [0.3, 0.4) is 0 Å². The monoisotopic (exact) mass is 188 g/mol. The normalized spacial score (nSPS) is 11.9. The van der Waals surface area contributed by atoms with Crippen molar-refractivity contribution in [2.75, 3.05) is 7.05 Å². The van der Waals surface area contributed by atoms with Crippen LogP contribution in [0.2, 0.25) is 0 Å². The summed E-state index contributed by atoms with van der Waals surface area (Å²) in [4.78, 5) is 3.92. The molecule has 0 amide bonds. The van der Waals surface area contributed by atoms with Crippen molar-refractivity contribution in [3.63, 3.8) is 0 Å². The Labute approximate surface area is 85.4 Å². The van der Waals surface area contributed by atoms with Gasteiger partial charge in [0.05, 0.1) is 0 Å². The molecule has 0 aliphatic carbocycles. The van der Waals surface area contributed by atoms with E-state index in [-0.39, 0.29) is 0 Å². The van der Waals surface area contributed by atoms with Crippen molar-refractivity contribution in [1.29, 1.82) is 0 Å². The topological polar surface area (TPSA) is 24.4 Å². The first-order valence-electron chi connectivity index (χ1n) is 4.66. The molecule has 0 radical (unpaired) electrons. The Balaban J connectivity index is 2.79. The average molecular weight is 188 g/mol. The lowest BCUT2D eigenvalue weighted by Crippen LogP contribution is -2.06. The summed E-state index contributed by atoms with van der Waals surface area (Å²) in [6.07, 6.45) is 0.913. The molecule has 0 bridgehead atoms. The van der Waals surface area contributed by atoms with Crippen LogP contribution < -0.4 is 5.32 Å². The van der Waals surface area contributed by atoms with Gasteiger partial charge in [-0.05, 0) is 31.2 Å². The van der Waals surface area contributed by atoms with E-state index >= 15 is 0 Å². The molecule has 0 atom stereocenters. The zero-order valence-corrected chi connectivity index (χ0v) is 8.75. The maximum Gasteiger partial charge on any atom is 0.124 e. The van der Waals surface area contributed by atoms with Crippen molar-refractivity contribution in [3.8, 4) is 0 Å². The van der Waals surface area contributed by atoms with E-state index in [1.54, 1.807) is 0 Å². The highest BCUT2D eigenvalue weighted by Crippen LogP contribution is 2.10. The number of hydrogen-bond donors (Lipinski definition) is 1. The Hall–Kier alpha value is -1.57. The SMILES string of the molecule is C=N/C(NC)=C(/C)Cc1ccccc1. The molecule has 0 saturated heterocycles. The first-order valence-corrected chi connectivity index (χ1v) is 4.66.